The predicted molar refractivity (Wildman–Crippen MR) is 101 cm³/mol. The summed E-state index contributed by atoms with van der Waals surface area (Å²) < 4.78 is -0.956. The molecule has 5 heteroatoms. The molecule has 0 amide bonds. The molecule has 3 aromatic rings. The van der Waals surface area contributed by atoms with Crippen LogP contribution in [-0.4, -0.2) is 20.8 Å². The lowest BCUT2D eigenvalue weighted by molar-refractivity contribution is -0.138. The van der Waals surface area contributed by atoms with Gasteiger partial charge in [0, 0.05) is 22.9 Å². The molecule has 1 N–H and O–H groups in total. The Bertz CT molecular complexity index is 1010. The van der Waals surface area contributed by atoms with Gasteiger partial charge in [-0.1, -0.05) is 36.4 Å². The van der Waals surface area contributed by atoms with Gasteiger partial charge >= 0.3 is 5.97 Å². The number of benzene rings is 2. The van der Waals surface area contributed by atoms with E-state index in [0.717, 1.165) is 26.8 Å². The van der Waals surface area contributed by atoms with Gasteiger partial charge < -0.3 is 5.11 Å². The molecule has 1 aromatic heterocycles. The third-order valence-electron chi connectivity index (χ3n) is 3.97. The zero-order chi connectivity index (χ0) is 18.0. The van der Waals surface area contributed by atoms with Crippen molar-refractivity contribution in [3.63, 3.8) is 0 Å². The smallest absolute Gasteiger partial charge is 0.319 e. The van der Waals surface area contributed by atoms with Crippen LogP contribution in [0.4, 0.5) is 5.69 Å². The van der Waals surface area contributed by atoms with E-state index in [1.165, 1.54) is 11.8 Å². The molecule has 124 valence electrons. The van der Waals surface area contributed by atoms with Gasteiger partial charge in [-0.05, 0) is 36.2 Å². The Morgan fingerprint density at radius 1 is 1.12 bits per heavy atom. The van der Waals surface area contributed by atoms with Gasteiger partial charge in [0.2, 0.25) is 0 Å². The van der Waals surface area contributed by atoms with Crippen molar-refractivity contribution < 1.29 is 9.90 Å². The number of aliphatic carboxylic acids is 1. The van der Waals surface area contributed by atoms with Crippen LogP contribution in [-0.2, 0) is 4.79 Å². The highest BCUT2D eigenvalue weighted by Crippen LogP contribution is 2.42. The largest absolute Gasteiger partial charge is 0.480 e. The number of hydrogen-bond donors (Lipinski definition) is 1. The van der Waals surface area contributed by atoms with Crippen LogP contribution >= 0.6 is 11.8 Å². The maximum atomic E-state index is 11.5. The van der Waals surface area contributed by atoms with E-state index in [0.29, 0.717) is 5.69 Å². The first-order valence-corrected chi connectivity index (χ1v) is 8.51. The third-order valence-corrected chi connectivity index (χ3v) is 5.23. The Morgan fingerprint density at radius 3 is 2.52 bits per heavy atom. The molecule has 0 atom stereocenters. The summed E-state index contributed by atoms with van der Waals surface area (Å²) in [4.78, 5) is 20.2. The van der Waals surface area contributed by atoms with Gasteiger partial charge in [0.25, 0.3) is 0 Å². The summed E-state index contributed by atoms with van der Waals surface area (Å²) in [5.41, 5.74) is 2.41. The first-order valence-electron chi connectivity index (χ1n) is 7.70. The maximum Gasteiger partial charge on any atom is 0.319 e. The van der Waals surface area contributed by atoms with Crippen LogP contribution in [0.15, 0.2) is 59.8 Å². The molecule has 0 unspecified atom stereocenters. The van der Waals surface area contributed by atoms with E-state index in [1.807, 2.05) is 36.4 Å². The van der Waals surface area contributed by atoms with Crippen LogP contribution in [0.25, 0.3) is 26.7 Å². The number of rotatable bonds is 4. The van der Waals surface area contributed by atoms with Gasteiger partial charge in [-0.15, -0.1) is 11.8 Å². The first-order chi connectivity index (χ1) is 11.9. The molecular formula is C20H16N2O2S. The number of carboxylic acid groups (broad SMARTS) is 1. The fraction of sp³-hybridized carbons (Fsp3) is 0.150. The Kier molecular flexibility index (Phi) is 4.47. The number of fused-ring (bicyclic) bond motifs is 1. The normalized spacial score (nSPS) is 11.2. The summed E-state index contributed by atoms with van der Waals surface area (Å²) in [6.45, 7) is 10.7. The lowest BCUT2D eigenvalue weighted by atomic mass is 9.98. The number of nitrogens with zero attached hydrogens (tertiary/aromatic N) is 2. The monoisotopic (exact) mass is 348 g/mol. The number of thioether (sulfide) groups is 1. The van der Waals surface area contributed by atoms with Gasteiger partial charge in [0.15, 0.2) is 5.69 Å². The van der Waals surface area contributed by atoms with E-state index < -0.39 is 10.7 Å². The van der Waals surface area contributed by atoms with Crippen LogP contribution < -0.4 is 0 Å². The fourth-order valence-corrected chi connectivity index (χ4v) is 3.65. The molecular weight excluding hydrogens is 332 g/mol. The average molecular weight is 348 g/mol. The van der Waals surface area contributed by atoms with Crippen molar-refractivity contribution in [1.82, 2.24) is 4.98 Å². The Balaban J connectivity index is 2.21. The first kappa shape index (κ1) is 17.0. The zero-order valence-corrected chi connectivity index (χ0v) is 14.7. The Labute approximate surface area is 150 Å². The lowest BCUT2D eigenvalue weighted by Gasteiger charge is -2.20. The highest BCUT2D eigenvalue weighted by atomic mass is 32.2. The maximum absolute atomic E-state index is 11.5. The molecule has 0 bridgehead atoms. The second-order valence-corrected chi connectivity index (χ2v) is 7.74. The fourth-order valence-electron chi connectivity index (χ4n) is 2.61. The SMILES string of the molecule is [C-]#[N+]c1ccc(-c2cnccc2SC(C)(C)C(=O)O)c2ccccc12. The molecule has 0 aliphatic heterocycles. The van der Waals surface area contributed by atoms with Crippen molar-refractivity contribution in [2.75, 3.05) is 0 Å². The molecule has 0 saturated carbocycles. The molecule has 1 heterocycles. The van der Waals surface area contributed by atoms with Crippen molar-refractivity contribution >= 4 is 34.2 Å². The van der Waals surface area contributed by atoms with Crippen molar-refractivity contribution in [3.05, 3.63) is 66.3 Å². The summed E-state index contributed by atoms with van der Waals surface area (Å²) in [5.74, 6) is -0.867. The van der Waals surface area contributed by atoms with E-state index in [1.54, 1.807) is 32.3 Å². The minimum atomic E-state index is -0.956. The van der Waals surface area contributed by atoms with Crippen LogP contribution in [0.2, 0.25) is 0 Å². The van der Waals surface area contributed by atoms with E-state index in [2.05, 4.69) is 9.83 Å². The van der Waals surface area contributed by atoms with Gasteiger partial charge in [-0.2, -0.15) is 0 Å². The van der Waals surface area contributed by atoms with Crippen molar-refractivity contribution in [2.24, 2.45) is 0 Å². The minimum Gasteiger partial charge on any atom is -0.480 e. The van der Waals surface area contributed by atoms with Crippen LogP contribution in [0.1, 0.15) is 13.8 Å². The molecule has 0 aliphatic carbocycles. The topological polar surface area (TPSA) is 54.5 Å². The quantitative estimate of drug-likeness (QED) is 0.506. The van der Waals surface area contributed by atoms with E-state index in [9.17, 15) is 9.90 Å². The molecule has 0 fully saturated rings. The van der Waals surface area contributed by atoms with Crippen LogP contribution in [0.5, 0.6) is 0 Å². The van der Waals surface area contributed by atoms with Crippen LogP contribution in [0.3, 0.4) is 0 Å². The number of hydrogen-bond acceptors (Lipinski definition) is 3. The molecule has 2 aromatic carbocycles. The summed E-state index contributed by atoms with van der Waals surface area (Å²) in [5, 5.41) is 11.3. The third kappa shape index (κ3) is 3.21. The Morgan fingerprint density at radius 2 is 1.84 bits per heavy atom. The average Bonchev–Trinajstić information content (AvgIpc) is 2.61. The van der Waals surface area contributed by atoms with Crippen molar-refractivity contribution in [2.45, 2.75) is 23.5 Å². The number of aromatic nitrogens is 1. The molecule has 0 aliphatic rings. The second-order valence-electron chi connectivity index (χ2n) is 6.08. The highest BCUT2D eigenvalue weighted by Gasteiger charge is 2.29. The summed E-state index contributed by atoms with van der Waals surface area (Å²) >= 11 is 1.29. The molecule has 0 saturated heterocycles. The summed E-state index contributed by atoms with van der Waals surface area (Å²) in [7, 11) is 0. The number of carbonyl (C=O) groups is 1. The van der Waals surface area contributed by atoms with E-state index >= 15 is 0 Å². The summed E-state index contributed by atoms with van der Waals surface area (Å²) in [6, 6.07) is 13.3. The zero-order valence-electron chi connectivity index (χ0n) is 13.9. The molecule has 0 radical (unpaired) electrons. The van der Waals surface area contributed by atoms with Gasteiger partial charge in [-0.25, -0.2) is 4.85 Å². The van der Waals surface area contributed by atoms with Crippen LogP contribution in [0, 0.1) is 6.57 Å². The van der Waals surface area contributed by atoms with Crippen molar-refractivity contribution in [1.29, 1.82) is 0 Å². The second kappa shape index (κ2) is 6.58. The molecule has 0 spiro atoms. The van der Waals surface area contributed by atoms with E-state index in [-0.39, 0.29) is 0 Å². The highest BCUT2D eigenvalue weighted by molar-refractivity contribution is 8.01. The minimum absolute atomic E-state index is 0.600. The standard InChI is InChI=1S/C20H16N2O2S/c1-20(2,19(23)24)25-18-10-11-22-12-16(18)14-8-9-17(21-3)15-7-5-4-6-13(14)15/h4-12H,1-2H3,(H,23,24). The predicted octanol–water partition coefficient (Wildman–Crippen LogP) is 5.41. The van der Waals surface area contributed by atoms with Gasteiger partial charge in [0.1, 0.15) is 4.75 Å². The van der Waals surface area contributed by atoms with E-state index in [4.69, 9.17) is 6.57 Å². The molecule has 4 nitrogen and oxygen atoms in total. The van der Waals surface area contributed by atoms with Gasteiger partial charge in [-0.3, -0.25) is 9.78 Å². The van der Waals surface area contributed by atoms with Gasteiger partial charge in [0.05, 0.1) is 6.57 Å². The molecule has 25 heavy (non-hydrogen) atoms. The Hall–Kier alpha value is -2.84. The number of pyridine rings is 1. The lowest BCUT2D eigenvalue weighted by Crippen LogP contribution is -2.27. The number of carboxylic acids is 1. The summed E-state index contributed by atoms with van der Waals surface area (Å²) in [6.07, 6.45) is 3.42. The molecule has 3 rings (SSSR count). The van der Waals surface area contributed by atoms with Crippen molar-refractivity contribution in [3.8, 4) is 11.1 Å².